The molecule has 0 radical (unpaired) electrons. The molecule has 120 valence electrons. The van der Waals surface area contributed by atoms with Gasteiger partial charge >= 0.3 is 5.97 Å². The molecular weight excluding hydrogens is 305 g/mol. The van der Waals surface area contributed by atoms with E-state index >= 15 is 0 Å². The number of amides is 1. The molecule has 6 heteroatoms. The average Bonchev–Trinajstić information content (AvgIpc) is 2.41. The van der Waals surface area contributed by atoms with Gasteiger partial charge in [0.1, 0.15) is 11.1 Å². The normalized spacial score (nSPS) is 22.7. The first-order valence-electron chi connectivity index (χ1n) is 7.08. The van der Waals surface area contributed by atoms with Gasteiger partial charge in [-0.3, -0.25) is 9.59 Å². The molecule has 0 aromatic heterocycles. The minimum atomic E-state index is -0.901. The molecule has 1 fully saturated rings. The van der Waals surface area contributed by atoms with Gasteiger partial charge in [0.2, 0.25) is 5.91 Å². The van der Waals surface area contributed by atoms with Gasteiger partial charge in [0, 0.05) is 6.54 Å². The van der Waals surface area contributed by atoms with E-state index in [4.69, 9.17) is 0 Å². The second-order valence-electron chi connectivity index (χ2n) is 6.53. The number of carbonyl (C=O) groups excluding carboxylic acids is 1. The van der Waals surface area contributed by atoms with Crippen molar-refractivity contribution in [2.24, 2.45) is 5.41 Å². The molecule has 1 amide bonds. The third-order valence-corrected chi connectivity index (χ3v) is 4.96. The van der Waals surface area contributed by atoms with Crippen molar-refractivity contribution in [1.29, 1.82) is 0 Å². The second-order valence-corrected chi connectivity index (χ2v) is 7.66. The van der Waals surface area contributed by atoms with E-state index in [0.717, 1.165) is 5.56 Å². The molecular formula is C16H20FNO3S. The van der Waals surface area contributed by atoms with Crippen molar-refractivity contribution in [2.75, 3.05) is 5.75 Å². The highest BCUT2D eigenvalue weighted by Gasteiger charge is 2.46. The Hall–Kier alpha value is -1.56. The molecule has 1 aliphatic heterocycles. The Labute approximate surface area is 133 Å². The summed E-state index contributed by atoms with van der Waals surface area (Å²) in [7, 11) is 0. The molecule has 4 nitrogen and oxygen atoms in total. The first kappa shape index (κ1) is 16.8. The summed E-state index contributed by atoms with van der Waals surface area (Å²) < 4.78 is 13.0. The summed E-state index contributed by atoms with van der Waals surface area (Å²) in [4.78, 5) is 25.5. The zero-order valence-electron chi connectivity index (χ0n) is 12.9. The number of halogens is 1. The van der Waals surface area contributed by atoms with Crippen LogP contribution in [0, 0.1) is 11.2 Å². The van der Waals surface area contributed by atoms with E-state index in [9.17, 15) is 19.1 Å². The highest BCUT2D eigenvalue weighted by atomic mass is 32.2. The lowest BCUT2D eigenvalue weighted by Gasteiger charge is -2.46. The summed E-state index contributed by atoms with van der Waals surface area (Å²) in [5.41, 5.74) is 0.423. The number of hydrogen-bond acceptors (Lipinski definition) is 3. The number of hydrogen-bond donors (Lipinski definition) is 1. The Kier molecular flexibility index (Phi) is 4.80. The molecule has 1 N–H and O–H groups in total. The topological polar surface area (TPSA) is 57.6 Å². The van der Waals surface area contributed by atoms with Crippen LogP contribution in [-0.2, 0) is 16.1 Å². The molecule has 2 atom stereocenters. The lowest BCUT2D eigenvalue weighted by atomic mass is 9.82. The van der Waals surface area contributed by atoms with E-state index < -0.39 is 17.3 Å². The summed E-state index contributed by atoms with van der Waals surface area (Å²) in [6, 6.07) is 5.53. The average molecular weight is 325 g/mol. The number of thioether (sulfide) groups is 1. The quantitative estimate of drug-likeness (QED) is 0.928. The van der Waals surface area contributed by atoms with Gasteiger partial charge in [-0.05, 0) is 23.1 Å². The Morgan fingerprint density at radius 3 is 2.45 bits per heavy atom. The number of aliphatic carboxylic acids is 1. The molecule has 0 aliphatic carbocycles. The van der Waals surface area contributed by atoms with Crippen LogP contribution >= 0.6 is 11.8 Å². The summed E-state index contributed by atoms with van der Waals surface area (Å²) in [5.74, 6) is -1.15. The Bertz CT molecular complexity index is 568. The molecule has 2 rings (SSSR count). The van der Waals surface area contributed by atoms with Crippen LogP contribution in [-0.4, -0.2) is 38.9 Å². The minimum Gasteiger partial charge on any atom is -0.480 e. The standard InChI is InChI=1S/C16H20FNO3S/c1-16(2,3)14-13(15(20)21)22-9-12(19)18(14)8-10-4-6-11(17)7-5-10/h4-7,13-14H,8-9H2,1-3H3,(H,20,21)/t13-,14-/m0/s1. The molecule has 1 saturated heterocycles. The van der Waals surface area contributed by atoms with E-state index in [1.54, 1.807) is 17.0 Å². The van der Waals surface area contributed by atoms with Gasteiger partial charge in [-0.25, -0.2) is 4.39 Å². The van der Waals surface area contributed by atoms with E-state index in [1.165, 1.54) is 23.9 Å². The van der Waals surface area contributed by atoms with Crippen molar-refractivity contribution in [2.45, 2.75) is 38.6 Å². The molecule has 1 aromatic rings. The predicted octanol–water partition coefficient (Wildman–Crippen LogP) is 2.77. The number of nitrogens with zero attached hydrogens (tertiary/aromatic N) is 1. The Morgan fingerprint density at radius 2 is 1.95 bits per heavy atom. The minimum absolute atomic E-state index is 0.0771. The van der Waals surface area contributed by atoms with Gasteiger partial charge in [-0.1, -0.05) is 32.9 Å². The van der Waals surface area contributed by atoms with Crippen molar-refractivity contribution >= 4 is 23.6 Å². The maximum Gasteiger partial charge on any atom is 0.318 e. The van der Waals surface area contributed by atoms with Crippen LogP contribution in [0.5, 0.6) is 0 Å². The SMILES string of the molecule is CC(C)(C)[C@@H]1[C@@H](C(=O)O)SCC(=O)N1Cc1ccc(F)cc1. The van der Waals surface area contributed by atoms with Crippen LogP contribution in [0.4, 0.5) is 4.39 Å². The summed E-state index contributed by atoms with van der Waals surface area (Å²) in [6.07, 6.45) is 0. The molecule has 0 bridgehead atoms. The van der Waals surface area contributed by atoms with Crippen LogP contribution in [0.2, 0.25) is 0 Å². The molecule has 0 spiro atoms. The Morgan fingerprint density at radius 1 is 1.36 bits per heavy atom. The highest BCUT2D eigenvalue weighted by molar-refractivity contribution is 8.01. The third kappa shape index (κ3) is 3.61. The largest absolute Gasteiger partial charge is 0.480 e. The van der Waals surface area contributed by atoms with Crippen molar-refractivity contribution in [3.8, 4) is 0 Å². The van der Waals surface area contributed by atoms with Gasteiger partial charge in [-0.15, -0.1) is 11.8 Å². The number of carboxylic acid groups (broad SMARTS) is 1. The highest BCUT2D eigenvalue weighted by Crippen LogP contribution is 2.37. The van der Waals surface area contributed by atoms with Crippen molar-refractivity contribution in [1.82, 2.24) is 4.90 Å². The van der Waals surface area contributed by atoms with Gasteiger partial charge in [0.25, 0.3) is 0 Å². The maximum absolute atomic E-state index is 13.0. The van der Waals surface area contributed by atoms with E-state index in [2.05, 4.69) is 0 Å². The lowest BCUT2D eigenvalue weighted by molar-refractivity contribution is -0.143. The summed E-state index contributed by atoms with van der Waals surface area (Å²) >= 11 is 1.18. The van der Waals surface area contributed by atoms with Gasteiger partial charge < -0.3 is 10.0 Å². The Balaban J connectivity index is 2.32. The molecule has 1 aromatic carbocycles. The summed E-state index contributed by atoms with van der Waals surface area (Å²) in [6.45, 7) is 6.10. The van der Waals surface area contributed by atoms with Gasteiger partial charge in [0.05, 0.1) is 11.8 Å². The smallest absolute Gasteiger partial charge is 0.318 e. The van der Waals surface area contributed by atoms with Gasteiger partial charge in [0.15, 0.2) is 0 Å². The molecule has 1 heterocycles. The molecule has 0 unspecified atom stereocenters. The zero-order chi connectivity index (χ0) is 16.5. The van der Waals surface area contributed by atoms with Crippen molar-refractivity contribution in [3.05, 3.63) is 35.6 Å². The lowest BCUT2D eigenvalue weighted by Crippen LogP contribution is -2.58. The zero-order valence-corrected chi connectivity index (χ0v) is 13.7. The van der Waals surface area contributed by atoms with E-state index in [-0.39, 0.29) is 22.9 Å². The number of carbonyl (C=O) groups is 2. The fourth-order valence-corrected chi connectivity index (χ4v) is 4.12. The first-order valence-corrected chi connectivity index (χ1v) is 8.13. The number of benzene rings is 1. The van der Waals surface area contributed by atoms with E-state index in [1.807, 2.05) is 20.8 Å². The molecule has 1 aliphatic rings. The van der Waals surface area contributed by atoms with Crippen molar-refractivity contribution in [3.63, 3.8) is 0 Å². The van der Waals surface area contributed by atoms with Crippen LogP contribution in [0.15, 0.2) is 24.3 Å². The van der Waals surface area contributed by atoms with Crippen LogP contribution < -0.4 is 0 Å². The second kappa shape index (κ2) is 6.28. The monoisotopic (exact) mass is 325 g/mol. The first-order chi connectivity index (χ1) is 10.2. The third-order valence-electron chi connectivity index (χ3n) is 3.73. The summed E-state index contributed by atoms with van der Waals surface area (Å²) in [5, 5.41) is 8.82. The van der Waals surface area contributed by atoms with E-state index in [0.29, 0.717) is 6.54 Å². The van der Waals surface area contributed by atoms with Gasteiger partial charge in [-0.2, -0.15) is 0 Å². The maximum atomic E-state index is 13.0. The van der Waals surface area contributed by atoms with Crippen LogP contribution in [0.25, 0.3) is 0 Å². The molecule has 22 heavy (non-hydrogen) atoms. The number of carboxylic acids is 1. The number of rotatable bonds is 3. The fourth-order valence-electron chi connectivity index (χ4n) is 2.75. The van der Waals surface area contributed by atoms with Crippen LogP contribution in [0.1, 0.15) is 26.3 Å². The van der Waals surface area contributed by atoms with Crippen LogP contribution in [0.3, 0.4) is 0 Å². The van der Waals surface area contributed by atoms with Crippen molar-refractivity contribution < 1.29 is 19.1 Å². The molecule has 0 saturated carbocycles. The predicted molar refractivity (Wildman–Crippen MR) is 84.1 cm³/mol. The fraction of sp³-hybridized carbons (Fsp3) is 0.500.